The Bertz CT molecular complexity index is 1240. The Balaban J connectivity index is 1.60. The molecule has 36 heavy (non-hydrogen) atoms. The van der Waals surface area contributed by atoms with Crippen molar-refractivity contribution in [2.24, 2.45) is 4.99 Å². The summed E-state index contributed by atoms with van der Waals surface area (Å²) in [5, 5.41) is 3.27. The number of amides is 1. The van der Waals surface area contributed by atoms with Crippen molar-refractivity contribution in [3.63, 3.8) is 0 Å². The van der Waals surface area contributed by atoms with Gasteiger partial charge in [-0.05, 0) is 30.0 Å². The molecule has 1 saturated heterocycles. The fourth-order valence-electron chi connectivity index (χ4n) is 4.53. The minimum Gasteiger partial charge on any atom is -0.463 e. The molecule has 0 aromatic heterocycles. The summed E-state index contributed by atoms with van der Waals surface area (Å²) in [5.41, 5.74) is 3.48. The third kappa shape index (κ3) is 4.93. The van der Waals surface area contributed by atoms with Gasteiger partial charge in [-0.1, -0.05) is 65.8 Å². The first-order valence-corrected chi connectivity index (χ1v) is 13.1. The smallest absolute Gasteiger partial charge is 0.338 e. The number of carbonyl (C=O) groups excluding carboxylic acids is 2. The van der Waals surface area contributed by atoms with E-state index in [0.29, 0.717) is 47.8 Å². The Labute approximate surface area is 219 Å². The van der Waals surface area contributed by atoms with Gasteiger partial charge in [0.15, 0.2) is 5.17 Å². The topological polar surface area (TPSA) is 71.4 Å². The predicted octanol–water partition coefficient (Wildman–Crippen LogP) is 4.86. The Hall–Kier alpha value is -3.07. The SMILES string of the molecule is CCOC(=O)C1=C(c2ccccc2)N=C2SC=C(CC(=O)N3CCOCC3)N2[C@@H]1c1ccc(Cl)cc1. The molecule has 3 heterocycles. The van der Waals surface area contributed by atoms with Crippen molar-refractivity contribution >= 4 is 46.1 Å². The Kier molecular flexibility index (Phi) is 7.46. The quantitative estimate of drug-likeness (QED) is 0.503. The van der Waals surface area contributed by atoms with Gasteiger partial charge in [-0.25, -0.2) is 9.79 Å². The van der Waals surface area contributed by atoms with Crippen LogP contribution in [-0.2, 0) is 19.1 Å². The Morgan fingerprint density at radius 1 is 1.11 bits per heavy atom. The van der Waals surface area contributed by atoms with Crippen LogP contribution in [-0.4, -0.2) is 59.8 Å². The number of amidine groups is 1. The molecular formula is C27H26ClN3O4S. The van der Waals surface area contributed by atoms with Crippen LogP contribution in [0.1, 0.15) is 30.5 Å². The zero-order valence-electron chi connectivity index (χ0n) is 19.9. The first-order chi connectivity index (χ1) is 17.6. The first kappa shape index (κ1) is 24.6. The van der Waals surface area contributed by atoms with Gasteiger partial charge in [0.1, 0.15) is 0 Å². The second-order valence-corrected chi connectivity index (χ2v) is 9.74. The van der Waals surface area contributed by atoms with Crippen molar-refractivity contribution in [1.29, 1.82) is 0 Å². The lowest BCUT2D eigenvalue weighted by Crippen LogP contribution is -2.42. The molecule has 5 rings (SSSR count). The predicted molar refractivity (Wildman–Crippen MR) is 141 cm³/mol. The third-order valence-electron chi connectivity index (χ3n) is 6.23. The number of hydrogen-bond donors (Lipinski definition) is 0. The van der Waals surface area contributed by atoms with E-state index in [1.54, 1.807) is 19.1 Å². The number of benzene rings is 2. The number of fused-ring (bicyclic) bond motifs is 1. The van der Waals surface area contributed by atoms with Crippen LogP contribution >= 0.6 is 23.4 Å². The van der Waals surface area contributed by atoms with E-state index in [-0.39, 0.29) is 18.9 Å². The Morgan fingerprint density at radius 2 is 1.83 bits per heavy atom. The normalized spacial score (nSPS) is 19.6. The molecule has 1 atom stereocenters. The number of thioether (sulfide) groups is 1. The molecule has 0 spiro atoms. The molecular weight excluding hydrogens is 498 g/mol. The monoisotopic (exact) mass is 523 g/mol. The molecule has 0 N–H and O–H groups in total. The highest BCUT2D eigenvalue weighted by Gasteiger charge is 2.42. The van der Waals surface area contributed by atoms with E-state index < -0.39 is 12.0 Å². The summed E-state index contributed by atoms with van der Waals surface area (Å²) in [6.07, 6.45) is 0.201. The van der Waals surface area contributed by atoms with Crippen LogP contribution in [0.5, 0.6) is 0 Å². The third-order valence-corrected chi connectivity index (χ3v) is 7.38. The molecule has 2 aromatic carbocycles. The number of morpholine rings is 1. The Morgan fingerprint density at radius 3 is 2.53 bits per heavy atom. The molecule has 0 saturated carbocycles. The van der Waals surface area contributed by atoms with Crippen molar-refractivity contribution in [3.05, 3.63) is 87.4 Å². The number of esters is 1. The van der Waals surface area contributed by atoms with E-state index in [0.717, 1.165) is 16.8 Å². The van der Waals surface area contributed by atoms with Gasteiger partial charge < -0.3 is 19.3 Å². The van der Waals surface area contributed by atoms with Crippen LogP contribution in [0.3, 0.4) is 0 Å². The number of hydrogen-bond acceptors (Lipinski definition) is 7. The van der Waals surface area contributed by atoms with Gasteiger partial charge in [-0.3, -0.25) is 4.79 Å². The highest BCUT2D eigenvalue weighted by Crippen LogP contribution is 2.47. The molecule has 0 aliphatic carbocycles. The maximum atomic E-state index is 13.5. The van der Waals surface area contributed by atoms with Gasteiger partial charge in [-0.2, -0.15) is 0 Å². The maximum Gasteiger partial charge on any atom is 0.338 e. The summed E-state index contributed by atoms with van der Waals surface area (Å²) in [6, 6.07) is 16.5. The fourth-order valence-corrected chi connectivity index (χ4v) is 5.57. The lowest BCUT2D eigenvalue weighted by atomic mass is 9.91. The van der Waals surface area contributed by atoms with Crippen LogP contribution in [0.2, 0.25) is 5.02 Å². The summed E-state index contributed by atoms with van der Waals surface area (Å²) >= 11 is 7.66. The minimum atomic E-state index is -0.525. The van der Waals surface area contributed by atoms with E-state index >= 15 is 0 Å². The van der Waals surface area contributed by atoms with E-state index in [1.807, 2.05) is 57.7 Å². The van der Waals surface area contributed by atoms with E-state index in [9.17, 15) is 9.59 Å². The summed E-state index contributed by atoms with van der Waals surface area (Å²) in [4.78, 5) is 35.4. The standard InChI is InChI=1S/C27H26ClN3O4S/c1-2-35-26(33)23-24(18-6-4-3-5-7-18)29-27-31(25(23)19-8-10-20(28)11-9-19)21(17-36-27)16-22(32)30-12-14-34-15-13-30/h3-11,17,25H,2,12-16H2,1H3/t25-/m1/s1. The molecule has 9 heteroatoms. The van der Waals surface area contributed by atoms with Crippen LogP contribution in [0, 0.1) is 0 Å². The number of aliphatic imine (C=N–C) groups is 1. The van der Waals surface area contributed by atoms with Gasteiger partial charge in [-0.15, -0.1) is 0 Å². The van der Waals surface area contributed by atoms with Gasteiger partial charge in [0.05, 0.1) is 43.6 Å². The average Bonchev–Trinajstić information content (AvgIpc) is 3.31. The molecule has 0 bridgehead atoms. The number of ether oxygens (including phenoxy) is 2. The zero-order chi connectivity index (χ0) is 25.1. The molecule has 1 fully saturated rings. The summed E-state index contributed by atoms with van der Waals surface area (Å²) in [5.74, 6) is -0.411. The van der Waals surface area contributed by atoms with E-state index in [1.165, 1.54) is 11.8 Å². The molecule has 3 aliphatic heterocycles. The number of halogens is 1. The molecule has 3 aliphatic rings. The van der Waals surface area contributed by atoms with Crippen molar-refractivity contribution in [2.45, 2.75) is 19.4 Å². The van der Waals surface area contributed by atoms with Gasteiger partial charge in [0.25, 0.3) is 0 Å². The lowest BCUT2D eigenvalue weighted by Gasteiger charge is -2.37. The van der Waals surface area contributed by atoms with Gasteiger partial charge >= 0.3 is 5.97 Å². The van der Waals surface area contributed by atoms with Crippen LogP contribution in [0.15, 0.2) is 76.3 Å². The van der Waals surface area contributed by atoms with Gasteiger partial charge in [0.2, 0.25) is 5.91 Å². The zero-order valence-corrected chi connectivity index (χ0v) is 21.4. The van der Waals surface area contributed by atoms with Crippen molar-refractivity contribution < 1.29 is 19.1 Å². The highest BCUT2D eigenvalue weighted by atomic mass is 35.5. The fraction of sp³-hybridized carbons (Fsp3) is 0.296. The summed E-state index contributed by atoms with van der Waals surface area (Å²) in [6.45, 7) is 4.26. The molecule has 7 nitrogen and oxygen atoms in total. The minimum absolute atomic E-state index is 0.0248. The number of carbonyl (C=O) groups is 2. The highest BCUT2D eigenvalue weighted by molar-refractivity contribution is 8.16. The summed E-state index contributed by atoms with van der Waals surface area (Å²) in [7, 11) is 0. The van der Waals surface area contributed by atoms with E-state index in [2.05, 4.69) is 0 Å². The lowest BCUT2D eigenvalue weighted by molar-refractivity contribution is -0.139. The molecule has 1 amide bonds. The summed E-state index contributed by atoms with van der Waals surface area (Å²) < 4.78 is 10.9. The van der Waals surface area contributed by atoms with Crippen LogP contribution in [0.25, 0.3) is 5.70 Å². The molecule has 2 aromatic rings. The second-order valence-electron chi connectivity index (χ2n) is 8.46. The van der Waals surface area contributed by atoms with Crippen molar-refractivity contribution in [2.75, 3.05) is 32.9 Å². The molecule has 0 unspecified atom stereocenters. The number of rotatable bonds is 6. The average molecular weight is 524 g/mol. The van der Waals surface area contributed by atoms with Crippen LogP contribution in [0.4, 0.5) is 0 Å². The first-order valence-electron chi connectivity index (χ1n) is 11.9. The maximum absolute atomic E-state index is 13.5. The second kappa shape index (κ2) is 10.9. The van der Waals surface area contributed by atoms with Gasteiger partial charge in [0, 0.05) is 29.4 Å². The largest absolute Gasteiger partial charge is 0.463 e. The van der Waals surface area contributed by atoms with E-state index in [4.69, 9.17) is 26.1 Å². The van der Waals surface area contributed by atoms with Crippen molar-refractivity contribution in [1.82, 2.24) is 9.80 Å². The molecule has 0 radical (unpaired) electrons. The number of nitrogens with zero attached hydrogens (tertiary/aromatic N) is 3. The van der Waals surface area contributed by atoms with Crippen molar-refractivity contribution in [3.8, 4) is 0 Å². The molecule has 186 valence electrons. The van der Waals surface area contributed by atoms with Crippen LogP contribution < -0.4 is 0 Å².